The summed E-state index contributed by atoms with van der Waals surface area (Å²) in [5, 5.41) is 11.9. The van der Waals surface area contributed by atoms with Crippen LogP contribution in [0.5, 0.6) is 11.5 Å². The van der Waals surface area contributed by atoms with Gasteiger partial charge in [-0.1, -0.05) is 30.3 Å². The highest BCUT2D eigenvalue weighted by atomic mass is 19.1. The Balaban J connectivity index is 1.74. The smallest absolute Gasteiger partial charge is 0.247 e. The van der Waals surface area contributed by atoms with E-state index in [2.05, 4.69) is 15.5 Å². The van der Waals surface area contributed by atoms with Crippen molar-refractivity contribution in [2.75, 3.05) is 18.5 Å². The molecule has 1 heterocycles. The van der Waals surface area contributed by atoms with E-state index in [-0.39, 0.29) is 5.82 Å². The number of aromatic nitrogens is 2. The van der Waals surface area contributed by atoms with E-state index in [1.165, 1.54) is 12.1 Å². The first-order valence-corrected chi connectivity index (χ1v) is 10.5. The Morgan fingerprint density at radius 2 is 1.66 bits per heavy atom. The maximum Gasteiger partial charge on any atom is 0.247 e. The normalized spacial score (nSPS) is 11.7. The summed E-state index contributed by atoms with van der Waals surface area (Å²) in [7, 11) is 0. The number of benzene rings is 3. The number of halogens is 1. The summed E-state index contributed by atoms with van der Waals surface area (Å²) < 4.78 is 31.1. The van der Waals surface area contributed by atoms with Crippen molar-refractivity contribution in [3.05, 3.63) is 90.1 Å². The standard InChI is InChI=1S/C25H24FN3O3/c1-3-30-20-14-15-22(31-4-2)21(16-20)27-23(17-10-12-19(26)13-11-17)25-29-28-24(32-25)18-8-6-5-7-9-18/h5-16,23,27H,3-4H2,1-2H3. The number of nitrogens with zero attached hydrogens (tertiary/aromatic N) is 2. The molecule has 3 aromatic carbocycles. The number of ether oxygens (including phenoxy) is 2. The third kappa shape index (κ3) is 4.88. The molecule has 1 atom stereocenters. The minimum Gasteiger partial charge on any atom is -0.494 e. The van der Waals surface area contributed by atoms with Crippen LogP contribution in [0.1, 0.15) is 31.3 Å². The molecule has 1 N–H and O–H groups in total. The van der Waals surface area contributed by atoms with Gasteiger partial charge < -0.3 is 19.2 Å². The van der Waals surface area contributed by atoms with Crippen LogP contribution in [-0.4, -0.2) is 23.4 Å². The third-order valence-electron chi connectivity index (χ3n) is 4.77. The first kappa shape index (κ1) is 21.4. The molecule has 0 aliphatic rings. The summed E-state index contributed by atoms with van der Waals surface area (Å²) in [6.45, 7) is 4.89. The Morgan fingerprint density at radius 3 is 2.38 bits per heavy atom. The molecule has 0 aliphatic carbocycles. The van der Waals surface area contributed by atoms with Crippen molar-refractivity contribution >= 4 is 5.69 Å². The SMILES string of the molecule is CCOc1ccc(OCC)c(NC(c2ccc(F)cc2)c2nnc(-c3ccccc3)o2)c1. The Kier molecular flexibility index (Phi) is 6.65. The van der Waals surface area contributed by atoms with E-state index in [1.54, 1.807) is 12.1 Å². The van der Waals surface area contributed by atoms with Crippen LogP contribution in [0.4, 0.5) is 10.1 Å². The maximum atomic E-state index is 13.6. The molecule has 0 spiro atoms. The van der Waals surface area contributed by atoms with E-state index in [4.69, 9.17) is 13.9 Å². The first-order valence-electron chi connectivity index (χ1n) is 10.5. The summed E-state index contributed by atoms with van der Waals surface area (Å²) in [5.74, 6) is 1.79. The van der Waals surface area contributed by atoms with Gasteiger partial charge in [0.2, 0.25) is 11.8 Å². The Hall–Kier alpha value is -3.87. The average molecular weight is 433 g/mol. The van der Waals surface area contributed by atoms with Crippen LogP contribution < -0.4 is 14.8 Å². The third-order valence-corrected chi connectivity index (χ3v) is 4.77. The minimum atomic E-state index is -0.531. The largest absolute Gasteiger partial charge is 0.494 e. The number of anilines is 1. The van der Waals surface area contributed by atoms with Crippen molar-refractivity contribution in [2.45, 2.75) is 19.9 Å². The van der Waals surface area contributed by atoms with Crippen molar-refractivity contribution < 1.29 is 18.3 Å². The van der Waals surface area contributed by atoms with Crippen LogP contribution in [-0.2, 0) is 0 Å². The van der Waals surface area contributed by atoms with Crippen LogP contribution >= 0.6 is 0 Å². The molecule has 0 aliphatic heterocycles. The molecule has 1 unspecified atom stereocenters. The van der Waals surface area contributed by atoms with E-state index >= 15 is 0 Å². The number of hydrogen-bond donors (Lipinski definition) is 1. The molecule has 0 radical (unpaired) electrons. The van der Waals surface area contributed by atoms with Gasteiger partial charge in [-0.3, -0.25) is 0 Å². The van der Waals surface area contributed by atoms with Crippen LogP contribution in [0.3, 0.4) is 0 Å². The molecular formula is C25H24FN3O3. The fraction of sp³-hybridized carbons (Fsp3) is 0.200. The van der Waals surface area contributed by atoms with Crippen molar-refractivity contribution in [1.82, 2.24) is 10.2 Å². The molecular weight excluding hydrogens is 409 g/mol. The van der Waals surface area contributed by atoms with Crippen molar-refractivity contribution in [3.8, 4) is 23.0 Å². The number of nitrogens with one attached hydrogen (secondary N) is 1. The lowest BCUT2D eigenvalue weighted by Gasteiger charge is -2.20. The zero-order chi connectivity index (χ0) is 22.3. The quantitative estimate of drug-likeness (QED) is 0.356. The maximum absolute atomic E-state index is 13.6. The zero-order valence-electron chi connectivity index (χ0n) is 17.9. The predicted octanol–water partition coefficient (Wildman–Crippen LogP) is 5.87. The van der Waals surface area contributed by atoms with Gasteiger partial charge in [0.1, 0.15) is 23.4 Å². The van der Waals surface area contributed by atoms with Gasteiger partial charge in [0.25, 0.3) is 0 Å². The average Bonchev–Trinajstić information content (AvgIpc) is 3.31. The lowest BCUT2D eigenvalue weighted by atomic mass is 10.1. The van der Waals surface area contributed by atoms with Crippen molar-refractivity contribution in [2.24, 2.45) is 0 Å². The van der Waals surface area contributed by atoms with Gasteiger partial charge in [-0.2, -0.15) is 0 Å². The summed E-state index contributed by atoms with van der Waals surface area (Å²) >= 11 is 0. The van der Waals surface area contributed by atoms with Gasteiger partial charge in [0.15, 0.2) is 0 Å². The van der Waals surface area contributed by atoms with E-state index in [9.17, 15) is 4.39 Å². The topological polar surface area (TPSA) is 69.4 Å². The fourth-order valence-electron chi connectivity index (χ4n) is 3.31. The van der Waals surface area contributed by atoms with Gasteiger partial charge in [-0.15, -0.1) is 10.2 Å². The van der Waals surface area contributed by atoms with Crippen LogP contribution in [0.15, 0.2) is 77.2 Å². The highest BCUT2D eigenvalue weighted by Gasteiger charge is 2.23. The molecule has 32 heavy (non-hydrogen) atoms. The Bertz CT molecular complexity index is 1150. The summed E-state index contributed by atoms with van der Waals surface area (Å²) in [6, 6.07) is 20.7. The van der Waals surface area contributed by atoms with E-state index in [1.807, 2.05) is 62.4 Å². The van der Waals surface area contributed by atoms with E-state index in [0.29, 0.717) is 42.2 Å². The molecule has 0 saturated heterocycles. The Labute approximate surface area is 186 Å². The fourth-order valence-corrected chi connectivity index (χ4v) is 3.31. The molecule has 164 valence electrons. The van der Waals surface area contributed by atoms with Gasteiger partial charge in [0, 0.05) is 11.6 Å². The van der Waals surface area contributed by atoms with Gasteiger partial charge in [-0.05, 0) is 55.8 Å². The molecule has 4 aromatic rings. The second-order valence-electron chi connectivity index (χ2n) is 6.96. The number of hydrogen-bond acceptors (Lipinski definition) is 6. The van der Waals surface area contributed by atoms with Crippen molar-refractivity contribution in [3.63, 3.8) is 0 Å². The highest BCUT2D eigenvalue weighted by molar-refractivity contribution is 5.61. The van der Waals surface area contributed by atoms with E-state index in [0.717, 1.165) is 11.1 Å². The molecule has 4 rings (SSSR count). The van der Waals surface area contributed by atoms with E-state index < -0.39 is 6.04 Å². The second-order valence-corrected chi connectivity index (χ2v) is 6.96. The van der Waals surface area contributed by atoms with Gasteiger partial charge in [0.05, 0.1) is 18.9 Å². The molecule has 7 heteroatoms. The second kappa shape index (κ2) is 9.96. The van der Waals surface area contributed by atoms with Crippen LogP contribution in [0.25, 0.3) is 11.5 Å². The summed E-state index contributed by atoms with van der Waals surface area (Å²) in [5.41, 5.74) is 2.28. The Morgan fingerprint density at radius 1 is 0.906 bits per heavy atom. The molecule has 0 bridgehead atoms. The lowest BCUT2D eigenvalue weighted by molar-refractivity contribution is 0.331. The van der Waals surface area contributed by atoms with Gasteiger partial charge in [-0.25, -0.2) is 4.39 Å². The predicted molar refractivity (Wildman–Crippen MR) is 120 cm³/mol. The summed E-state index contributed by atoms with van der Waals surface area (Å²) in [6.07, 6.45) is 0. The van der Waals surface area contributed by atoms with Gasteiger partial charge >= 0.3 is 0 Å². The summed E-state index contributed by atoms with van der Waals surface area (Å²) in [4.78, 5) is 0. The molecule has 0 fully saturated rings. The first-order chi connectivity index (χ1) is 15.7. The molecule has 6 nitrogen and oxygen atoms in total. The lowest BCUT2D eigenvalue weighted by Crippen LogP contribution is -2.14. The highest BCUT2D eigenvalue weighted by Crippen LogP contribution is 2.35. The number of rotatable bonds is 9. The molecule has 0 saturated carbocycles. The molecule has 1 aromatic heterocycles. The monoisotopic (exact) mass is 433 g/mol. The van der Waals surface area contributed by atoms with Crippen LogP contribution in [0, 0.1) is 5.82 Å². The molecule has 0 amide bonds. The minimum absolute atomic E-state index is 0.323. The van der Waals surface area contributed by atoms with Crippen LogP contribution in [0.2, 0.25) is 0 Å². The van der Waals surface area contributed by atoms with Crippen molar-refractivity contribution in [1.29, 1.82) is 0 Å². The zero-order valence-corrected chi connectivity index (χ0v) is 17.9.